The molecule has 0 aliphatic rings. The molecular weight excluding hydrogens is 348 g/mol. The summed E-state index contributed by atoms with van der Waals surface area (Å²) < 4.78 is 0. The van der Waals surface area contributed by atoms with E-state index in [0.29, 0.717) is 11.7 Å². The van der Waals surface area contributed by atoms with Gasteiger partial charge in [0.05, 0.1) is 11.8 Å². The van der Waals surface area contributed by atoms with E-state index in [-0.39, 0.29) is 5.25 Å². The SMILES string of the molecule is NC(=NCc1ccccc1)S[C@H](c1ccccc1)c1ccc(Cl)cc1. The summed E-state index contributed by atoms with van der Waals surface area (Å²) in [6.07, 6.45) is 0. The van der Waals surface area contributed by atoms with E-state index in [1.807, 2.05) is 60.7 Å². The van der Waals surface area contributed by atoms with Crippen molar-refractivity contribution in [2.45, 2.75) is 11.8 Å². The zero-order valence-corrected chi connectivity index (χ0v) is 15.3. The molecule has 0 saturated heterocycles. The molecule has 1 atom stereocenters. The van der Waals surface area contributed by atoms with E-state index < -0.39 is 0 Å². The normalized spacial score (nSPS) is 12.8. The van der Waals surface area contributed by atoms with Gasteiger partial charge in [0.15, 0.2) is 5.17 Å². The van der Waals surface area contributed by atoms with Gasteiger partial charge in [0.2, 0.25) is 0 Å². The Bertz CT molecular complexity index is 818. The van der Waals surface area contributed by atoms with Crippen LogP contribution in [0.5, 0.6) is 0 Å². The number of thioether (sulfide) groups is 1. The Kier molecular flexibility index (Phi) is 6.15. The smallest absolute Gasteiger partial charge is 0.155 e. The summed E-state index contributed by atoms with van der Waals surface area (Å²) in [5, 5.41) is 1.39. The van der Waals surface area contributed by atoms with Crippen LogP contribution in [0.1, 0.15) is 21.9 Å². The van der Waals surface area contributed by atoms with Crippen LogP contribution >= 0.6 is 23.4 Å². The molecule has 3 rings (SSSR count). The van der Waals surface area contributed by atoms with Gasteiger partial charge >= 0.3 is 0 Å². The van der Waals surface area contributed by atoms with Crippen molar-refractivity contribution in [1.29, 1.82) is 0 Å². The quantitative estimate of drug-likeness (QED) is 0.466. The molecule has 2 N–H and O–H groups in total. The van der Waals surface area contributed by atoms with Gasteiger partial charge in [-0.25, -0.2) is 0 Å². The number of halogens is 1. The number of aliphatic imine (C=N–C) groups is 1. The van der Waals surface area contributed by atoms with Crippen molar-refractivity contribution < 1.29 is 0 Å². The summed E-state index contributed by atoms with van der Waals surface area (Å²) in [4.78, 5) is 4.53. The second kappa shape index (κ2) is 8.75. The first-order valence-corrected chi connectivity index (χ1v) is 9.29. The highest BCUT2D eigenvalue weighted by molar-refractivity contribution is 8.14. The number of benzene rings is 3. The van der Waals surface area contributed by atoms with Gasteiger partial charge in [-0.05, 0) is 28.8 Å². The minimum Gasteiger partial charge on any atom is -0.379 e. The third-order valence-electron chi connectivity index (χ3n) is 3.77. The second-order valence-corrected chi connectivity index (χ2v) is 7.16. The number of rotatable bonds is 5. The third-order valence-corrected chi connectivity index (χ3v) is 5.18. The van der Waals surface area contributed by atoms with Crippen molar-refractivity contribution in [2.75, 3.05) is 0 Å². The zero-order chi connectivity index (χ0) is 17.5. The Labute approximate surface area is 157 Å². The molecule has 0 spiro atoms. The van der Waals surface area contributed by atoms with E-state index in [0.717, 1.165) is 16.1 Å². The highest BCUT2D eigenvalue weighted by atomic mass is 35.5. The van der Waals surface area contributed by atoms with E-state index in [2.05, 4.69) is 29.3 Å². The predicted octanol–water partition coefficient (Wildman–Crippen LogP) is 5.68. The van der Waals surface area contributed by atoms with Crippen molar-refractivity contribution in [2.24, 2.45) is 10.7 Å². The topological polar surface area (TPSA) is 38.4 Å². The molecule has 0 unspecified atom stereocenters. The number of hydrogen-bond donors (Lipinski definition) is 1. The Morgan fingerprint density at radius 2 is 1.40 bits per heavy atom. The van der Waals surface area contributed by atoms with Gasteiger partial charge < -0.3 is 5.73 Å². The highest BCUT2D eigenvalue weighted by Gasteiger charge is 2.16. The van der Waals surface area contributed by atoms with Crippen LogP contribution in [0.3, 0.4) is 0 Å². The van der Waals surface area contributed by atoms with Gasteiger partial charge in [-0.2, -0.15) is 0 Å². The molecule has 0 radical (unpaired) electrons. The summed E-state index contributed by atoms with van der Waals surface area (Å²) in [5.41, 5.74) is 9.70. The van der Waals surface area contributed by atoms with Gasteiger partial charge in [-0.3, -0.25) is 4.99 Å². The molecule has 2 nitrogen and oxygen atoms in total. The van der Waals surface area contributed by atoms with E-state index in [1.165, 1.54) is 5.56 Å². The van der Waals surface area contributed by atoms with E-state index in [1.54, 1.807) is 11.8 Å². The molecular formula is C21H19ClN2S. The van der Waals surface area contributed by atoms with Crippen LogP contribution in [-0.4, -0.2) is 5.17 Å². The van der Waals surface area contributed by atoms with Crippen LogP contribution in [0.25, 0.3) is 0 Å². The zero-order valence-electron chi connectivity index (χ0n) is 13.7. The first kappa shape index (κ1) is 17.6. The minimum atomic E-state index is 0.0815. The molecule has 0 fully saturated rings. The first-order valence-electron chi connectivity index (χ1n) is 8.03. The maximum Gasteiger partial charge on any atom is 0.155 e. The molecule has 4 heteroatoms. The molecule has 25 heavy (non-hydrogen) atoms. The molecule has 126 valence electrons. The Morgan fingerprint density at radius 3 is 2.04 bits per heavy atom. The lowest BCUT2D eigenvalue weighted by atomic mass is 10.0. The average molecular weight is 367 g/mol. The van der Waals surface area contributed by atoms with Gasteiger partial charge in [0.25, 0.3) is 0 Å². The van der Waals surface area contributed by atoms with Crippen molar-refractivity contribution in [3.8, 4) is 0 Å². The maximum atomic E-state index is 6.21. The standard InChI is InChI=1S/C21H19ClN2S/c22-19-13-11-18(12-14-19)20(17-9-5-2-6-10-17)25-21(23)24-15-16-7-3-1-4-8-16/h1-14,20H,15H2,(H2,23,24)/t20-/m1/s1. The number of nitrogens with zero attached hydrogens (tertiary/aromatic N) is 1. The van der Waals surface area contributed by atoms with Gasteiger partial charge in [0, 0.05) is 5.02 Å². The molecule has 0 bridgehead atoms. The summed E-state index contributed by atoms with van der Waals surface area (Å²) in [7, 11) is 0. The maximum absolute atomic E-state index is 6.21. The molecule has 3 aromatic carbocycles. The lowest BCUT2D eigenvalue weighted by Gasteiger charge is -2.17. The van der Waals surface area contributed by atoms with E-state index >= 15 is 0 Å². The van der Waals surface area contributed by atoms with Gasteiger partial charge in [-0.1, -0.05) is 96.2 Å². The predicted molar refractivity (Wildman–Crippen MR) is 109 cm³/mol. The van der Waals surface area contributed by atoms with Crippen LogP contribution in [0, 0.1) is 0 Å². The van der Waals surface area contributed by atoms with Crippen molar-refractivity contribution in [3.63, 3.8) is 0 Å². The number of amidine groups is 1. The van der Waals surface area contributed by atoms with E-state index in [4.69, 9.17) is 17.3 Å². The van der Waals surface area contributed by atoms with Crippen LogP contribution < -0.4 is 5.73 Å². The molecule has 0 heterocycles. The highest BCUT2D eigenvalue weighted by Crippen LogP contribution is 2.36. The van der Waals surface area contributed by atoms with Crippen molar-refractivity contribution in [1.82, 2.24) is 0 Å². The minimum absolute atomic E-state index is 0.0815. The lowest BCUT2D eigenvalue weighted by molar-refractivity contribution is 1.07. The van der Waals surface area contributed by atoms with E-state index in [9.17, 15) is 0 Å². The number of hydrogen-bond acceptors (Lipinski definition) is 2. The average Bonchev–Trinajstić information content (AvgIpc) is 2.67. The van der Waals surface area contributed by atoms with Crippen LogP contribution in [-0.2, 0) is 6.54 Å². The summed E-state index contributed by atoms with van der Waals surface area (Å²) >= 11 is 7.59. The Hall–Kier alpha value is -2.23. The summed E-state index contributed by atoms with van der Waals surface area (Å²) in [5.74, 6) is 0. The fourth-order valence-electron chi connectivity index (χ4n) is 2.50. The third kappa shape index (κ3) is 5.12. The Balaban J connectivity index is 1.81. The molecule has 0 aliphatic carbocycles. The van der Waals surface area contributed by atoms with Crippen LogP contribution in [0.4, 0.5) is 0 Å². The molecule has 0 amide bonds. The molecule has 0 saturated carbocycles. The van der Waals surface area contributed by atoms with Gasteiger partial charge in [0.1, 0.15) is 0 Å². The largest absolute Gasteiger partial charge is 0.379 e. The monoisotopic (exact) mass is 366 g/mol. The summed E-state index contributed by atoms with van der Waals surface area (Å²) in [6.45, 7) is 0.585. The molecule has 0 aliphatic heterocycles. The van der Waals surface area contributed by atoms with Gasteiger partial charge in [-0.15, -0.1) is 0 Å². The molecule has 3 aromatic rings. The lowest BCUT2D eigenvalue weighted by Crippen LogP contribution is -2.11. The first-order chi connectivity index (χ1) is 12.2. The fraction of sp³-hybridized carbons (Fsp3) is 0.0952. The fourth-order valence-corrected chi connectivity index (χ4v) is 3.60. The summed E-state index contributed by atoms with van der Waals surface area (Å²) in [6, 6.07) is 28.3. The second-order valence-electron chi connectivity index (χ2n) is 5.60. The number of nitrogens with two attached hydrogens (primary N) is 1. The van der Waals surface area contributed by atoms with Crippen LogP contribution in [0.15, 0.2) is 89.9 Å². The Morgan fingerprint density at radius 1 is 0.840 bits per heavy atom. The van der Waals surface area contributed by atoms with Crippen LogP contribution in [0.2, 0.25) is 5.02 Å². The molecule has 0 aromatic heterocycles. The van der Waals surface area contributed by atoms with Crippen molar-refractivity contribution >= 4 is 28.5 Å². The van der Waals surface area contributed by atoms with Crippen molar-refractivity contribution in [3.05, 3.63) is 107 Å².